The van der Waals surface area contributed by atoms with Gasteiger partial charge in [0.1, 0.15) is 0 Å². The molecule has 1 saturated carbocycles. The number of hydrogen-bond donors (Lipinski definition) is 0. The van der Waals surface area contributed by atoms with E-state index in [1.54, 1.807) is 0 Å². The van der Waals surface area contributed by atoms with Crippen molar-refractivity contribution in [3.63, 3.8) is 0 Å². The Hall–Kier alpha value is -1.63. The molecule has 0 bridgehead atoms. The highest BCUT2D eigenvalue weighted by Gasteiger charge is 2.22. The van der Waals surface area contributed by atoms with Crippen molar-refractivity contribution < 1.29 is 0 Å². The van der Waals surface area contributed by atoms with Crippen LogP contribution in [0.5, 0.6) is 0 Å². The number of aromatic nitrogens is 1. The van der Waals surface area contributed by atoms with E-state index in [0.717, 1.165) is 5.92 Å². The van der Waals surface area contributed by atoms with Crippen molar-refractivity contribution >= 4 is 0 Å². The number of hydrogen-bond acceptors (Lipinski definition) is 1. The van der Waals surface area contributed by atoms with E-state index in [9.17, 15) is 0 Å². The molecule has 0 saturated heterocycles. The van der Waals surface area contributed by atoms with Crippen LogP contribution >= 0.6 is 0 Å². The predicted octanol–water partition coefficient (Wildman–Crippen LogP) is 8.34. The summed E-state index contributed by atoms with van der Waals surface area (Å²) in [5.74, 6) is 1.65. The summed E-state index contributed by atoms with van der Waals surface area (Å²) in [6.45, 7) is 4.55. The minimum atomic E-state index is 0.678. The van der Waals surface area contributed by atoms with Crippen LogP contribution in [0, 0.1) is 5.92 Å². The predicted molar refractivity (Wildman–Crippen MR) is 122 cm³/mol. The Kier molecular flexibility index (Phi) is 8.58. The molecule has 1 heterocycles. The highest BCUT2D eigenvalue weighted by molar-refractivity contribution is 5.62. The average molecular weight is 378 g/mol. The van der Waals surface area contributed by atoms with Crippen molar-refractivity contribution in [1.82, 2.24) is 4.98 Å². The first-order valence-electron chi connectivity index (χ1n) is 11.9. The Labute approximate surface area is 173 Å². The molecule has 28 heavy (non-hydrogen) atoms. The molecule has 1 heteroatoms. The van der Waals surface area contributed by atoms with Crippen LogP contribution in [0.3, 0.4) is 0 Å². The molecule has 1 aliphatic carbocycles. The van der Waals surface area contributed by atoms with Gasteiger partial charge in [0.2, 0.25) is 0 Å². The number of unbranched alkanes of at least 4 members (excludes halogenated alkanes) is 4. The number of benzene rings is 1. The molecule has 0 spiro atoms. The Bertz CT molecular complexity index is 662. The van der Waals surface area contributed by atoms with Crippen LogP contribution < -0.4 is 0 Å². The molecule has 1 aromatic heterocycles. The summed E-state index contributed by atoms with van der Waals surface area (Å²) < 4.78 is 0. The summed E-state index contributed by atoms with van der Waals surface area (Å²) in [6, 6.07) is 13.6. The topological polar surface area (TPSA) is 12.9 Å². The summed E-state index contributed by atoms with van der Waals surface area (Å²) in [6.07, 6.45) is 18.4. The largest absolute Gasteiger partial charge is 0.260 e. The van der Waals surface area contributed by atoms with E-state index in [1.807, 2.05) is 0 Å². The van der Waals surface area contributed by atoms with Crippen LogP contribution in [0.2, 0.25) is 0 Å². The van der Waals surface area contributed by atoms with E-state index >= 15 is 0 Å². The monoisotopic (exact) mass is 377 g/mol. The van der Waals surface area contributed by atoms with Gasteiger partial charge in [-0.05, 0) is 61.6 Å². The van der Waals surface area contributed by atoms with Crippen molar-refractivity contribution in [3.8, 4) is 11.1 Å². The van der Waals surface area contributed by atoms with Crippen molar-refractivity contribution in [2.45, 2.75) is 96.8 Å². The molecular formula is C27H39N. The third-order valence-electron chi connectivity index (χ3n) is 6.62. The molecule has 1 aliphatic rings. The summed E-state index contributed by atoms with van der Waals surface area (Å²) >= 11 is 0. The van der Waals surface area contributed by atoms with Gasteiger partial charge in [0.25, 0.3) is 0 Å². The number of pyridine rings is 1. The average Bonchev–Trinajstić information content (AvgIpc) is 2.76. The fourth-order valence-electron chi connectivity index (χ4n) is 4.67. The highest BCUT2D eigenvalue weighted by atomic mass is 14.7. The van der Waals surface area contributed by atoms with Crippen LogP contribution in [-0.4, -0.2) is 4.98 Å². The SMILES string of the molecule is CCCCCCC1CCC(c2ccc(-c3ccc(CCCC)cc3)cn2)CC1. The van der Waals surface area contributed by atoms with Crippen LogP contribution in [0.4, 0.5) is 0 Å². The normalized spacial score (nSPS) is 19.6. The first-order chi connectivity index (χ1) is 13.8. The molecule has 0 amide bonds. The molecule has 1 fully saturated rings. The molecule has 1 nitrogen and oxygen atoms in total. The zero-order valence-corrected chi connectivity index (χ0v) is 18.1. The molecule has 0 aliphatic heterocycles. The van der Waals surface area contributed by atoms with Gasteiger partial charge in [-0.15, -0.1) is 0 Å². The third kappa shape index (κ3) is 6.19. The maximum Gasteiger partial charge on any atom is 0.0434 e. The zero-order chi connectivity index (χ0) is 19.6. The van der Waals surface area contributed by atoms with Gasteiger partial charge in [0.15, 0.2) is 0 Å². The molecule has 3 rings (SSSR count). The molecule has 0 radical (unpaired) electrons. The Morgan fingerprint density at radius 1 is 0.750 bits per heavy atom. The van der Waals surface area contributed by atoms with Gasteiger partial charge >= 0.3 is 0 Å². The van der Waals surface area contributed by atoms with Crippen molar-refractivity contribution in [3.05, 3.63) is 53.9 Å². The van der Waals surface area contributed by atoms with E-state index in [0.29, 0.717) is 5.92 Å². The lowest BCUT2D eigenvalue weighted by Crippen LogP contribution is -2.14. The van der Waals surface area contributed by atoms with E-state index in [4.69, 9.17) is 4.98 Å². The van der Waals surface area contributed by atoms with Gasteiger partial charge in [-0.1, -0.05) is 82.7 Å². The number of nitrogens with zero attached hydrogens (tertiary/aromatic N) is 1. The highest BCUT2D eigenvalue weighted by Crippen LogP contribution is 2.37. The van der Waals surface area contributed by atoms with Gasteiger partial charge in [-0.25, -0.2) is 0 Å². The fraction of sp³-hybridized carbons (Fsp3) is 0.593. The van der Waals surface area contributed by atoms with Gasteiger partial charge in [-0.3, -0.25) is 4.98 Å². The minimum Gasteiger partial charge on any atom is -0.260 e. The molecule has 1 aromatic carbocycles. The third-order valence-corrected chi connectivity index (χ3v) is 6.62. The molecular weight excluding hydrogens is 338 g/mol. The summed E-state index contributed by atoms with van der Waals surface area (Å²) in [5, 5.41) is 0. The Morgan fingerprint density at radius 3 is 2.11 bits per heavy atom. The van der Waals surface area contributed by atoms with Crippen LogP contribution in [0.25, 0.3) is 11.1 Å². The molecule has 152 valence electrons. The number of aryl methyl sites for hydroxylation is 1. The van der Waals surface area contributed by atoms with E-state index in [2.05, 4.69) is 56.4 Å². The quantitative estimate of drug-likeness (QED) is 0.379. The van der Waals surface area contributed by atoms with Crippen molar-refractivity contribution in [2.24, 2.45) is 5.92 Å². The second-order valence-corrected chi connectivity index (χ2v) is 8.84. The van der Waals surface area contributed by atoms with Gasteiger partial charge in [-0.2, -0.15) is 0 Å². The van der Waals surface area contributed by atoms with Gasteiger partial charge in [0, 0.05) is 23.4 Å². The lowest BCUT2D eigenvalue weighted by Gasteiger charge is -2.28. The Balaban J connectivity index is 1.49. The summed E-state index contributed by atoms with van der Waals surface area (Å²) in [7, 11) is 0. The van der Waals surface area contributed by atoms with Crippen LogP contribution in [0.15, 0.2) is 42.6 Å². The van der Waals surface area contributed by atoms with E-state index in [1.165, 1.54) is 99.4 Å². The lowest BCUT2D eigenvalue weighted by atomic mass is 9.78. The maximum absolute atomic E-state index is 4.86. The molecule has 0 N–H and O–H groups in total. The van der Waals surface area contributed by atoms with Crippen LogP contribution in [0.1, 0.15) is 102 Å². The van der Waals surface area contributed by atoms with E-state index in [-0.39, 0.29) is 0 Å². The molecule has 0 atom stereocenters. The standard InChI is InChI=1S/C27H39N/c1-3-5-7-8-10-23-13-17-25(18-14-23)27-20-19-26(21-28-27)24-15-11-22(12-16-24)9-6-4-2/h11-12,15-16,19-21,23,25H,3-10,13-14,17-18H2,1-2H3. The van der Waals surface area contributed by atoms with Crippen LogP contribution in [-0.2, 0) is 6.42 Å². The first kappa shape index (κ1) is 21.1. The maximum atomic E-state index is 4.86. The van der Waals surface area contributed by atoms with E-state index < -0.39 is 0 Å². The van der Waals surface area contributed by atoms with Gasteiger partial charge in [0.05, 0.1) is 0 Å². The van der Waals surface area contributed by atoms with Crippen molar-refractivity contribution in [2.75, 3.05) is 0 Å². The van der Waals surface area contributed by atoms with Crippen molar-refractivity contribution in [1.29, 1.82) is 0 Å². The Morgan fingerprint density at radius 2 is 1.46 bits per heavy atom. The fourth-order valence-corrected chi connectivity index (χ4v) is 4.67. The molecule has 0 unspecified atom stereocenters. The zero-order valence-electron chi connectivity index (χ0n) is 18.1. The summed E-state index contributed by atoms with van der Waals surface area (Å²) in [5.41, 5.74) is 5.29. The second kappa shape index (κ2) is 11.4. The first-order valence-corrected chi connectivity index (χ1v) is 11.9. The second-order valence-electron chi connectivity index (χ2n) is 8.84. The lowest BCUT2D eigenvalue weighted by molar-refractivity contribution is 0.299. The smallest absolute Gasteiger partial charge is 0.0434 e. The molecule has 2 aromatic rings. The number of rotatable bonds is 10. The van der Waals surface area contributed by atoms with Gasteiger partial charge < -0.3 is 0 Å². The minimum absolute atomic E-state index is 0.678. The summed E-state index contributed by atoms with van der Waals surface area (Å²) in [4.78, 5) is 4.86.